The maximum absolute atomic E-state index is 10.8. The Kier molecular flexibility index (Phi) is 4.23. The molecule has 0 saturated carbocycles. The van der Waals surface area contributed by atoms with E-state index in [1.165, 1.54) is 11.9 Å². The first-order valence-corrected chi connectivity index (χ1v) is 8.78. The molecule has 0 amide bonds. The molecule has 2 atom stereocenters. The summed E-state index contributed by atoms with van der Waals surface area (Å²) in [5.41, 5.74) is 0.326. The minimum Gasteiger partial charge on any atom is -0.478 e. The molecule has 2 aliphatic heterocycles. The number of carbonyl (C=O) groups is 1. The molecule has 4 nitrogen and oxygen atoms in total. The van der Waals surface area contributed by atoms with Gasteiger partial charge in [-0.05, 0) is 37.1 Å². The van der Waals surface area contributed by atoms with E-state index in [2.05, 4.69) is 4.98 Å². The van der Waals surface area contributed by atoms with Crippen LogP contribution in [0.4, 0.5) is 0 Å². The van der Waals surface area contributed by atoms with Gasteiger partial charge in [0.1, 0.15) is 0 Å². The number of hydrogen-bond acceptors (Lipinski definition) is 5. The molecule has 0 aromatic carbocycles. The summed E-state index contributed by atoms with van der Waals surface area (Å²) in [5.74, 6) is 1.38. The SMILES string of the molecule is O=C(O)c1ccc(SC2CCOC3(CCSC3)C2)nc1. The van der Waals surface area contributed by atoms with Gasteiger partial charge in [0.05, 0.1) is 16.2 Å². The quantitative estimate of drug-likeness (QED) is 0.926. The van der Waals surface area contributed by atoms with Crippen molar-refractivity contribution in [2.24, 2.45) is 0 Å². The van der Waals surface area contributed by atoms with Crippen molar-refractivity contribution in [2.75, 3.05) is 18.1 Å². The normalized spacial score (nSPS) is 29.7. The Balaban J connectivity index is 1.63. The van der Waals surface area contributed by atoms with E-state index < -0.39 is 5.97 Å². The van der Waals surface area contributed by atoms with Crippen molar-refractivity contribution in [2.45, 2.75) is 35.1 Å². The monoisotopic (exact) mass is 311 g/mol. The predicted octanol–water partition coefficient (Wildman–Crippen LogP) is 2.93. The van der Waals surface area contributed by atoms with Crippen molar-refractivity contribution in [3.63, 3.8) is 0 Å². The summed E-state index contributed by atoms with van der Waals surface area (Å²) in [6.45, 7) is 0.825. The lowest BCUT2D eigenvalue weighted by Crippen LogP contribution is -2.40. The Morgan fingerprint density at radius 3 is 3.10 bits per heavy atom. The van der Waals surface area contributed by atoms with Crippen molar-refractivity contribution in [1.29, 1.82) is 0 Å². The third-order valence-electron chi connectivity index (χ3n) is 3.79. The van der Waals surface area contributed by atoms with Gasteiger partial charge in [0, 0.05) is 23.8 Å². The van der Waals surface area contributed by atoms with Crippen LogP contribution < -0.4 is 0 Å². The number of aromatic nitrogens is 1. The third kappa shape index (κ3) is 3.13. The minimum absolute atomic E-state index is 0.0849. The van der Waals surface area contributed by atoms with Crippen LogP contribution in [0.1, 0.15) is 29.6 Å². The van der Waals surface area contributed by atoms with Crippen LogP contribution >= 0.6 is 23.5 Å². The molecule has 3 heterocycles. The largest absolute Gasteiger partial charge is 0.478 e. The molecule has 0 bridgehead atoms. The molecule has 1 spiro atoms. The Hall–Kier alpha value is -0.720. The van der Waals surface area contributed by atoms with Gasteiger partial charge < -0.3 is 9.84 Å². The lowest BCUT2D eigenvalue weighted by Gasteiger charge is -2.37. The van der Waals surface area contributed by atoms with E-state index in [0.29, 0.717) is 5.25 Å². The van der Waals surface area contributed by atoms with Gasteiger partial charge in [-0.25, -0.2) is 9.78 Å². The first-order chi connectivity index (χ1) is 9.67. The Bertz CT molecular complexity index is 486. The highest BCUT2D eigenvalue weighted by molar-refractivity contribution is 8.00. The zero-order valence-corrected chi connectivity index (χ0v) is 12.7. The topological polar surface area (TPSA) is 59.4 Å². The van der Waals surface area contributed by atoms with Crippen molar-refractivity contribution in [3.05, 3.63) is 23.9 Å². The number of pyridine rings is 1. The molecule has 1 N–H and O–H groups in total. The summed E-state index contributed by atoms with van der Waals surface area (Å²) in [5, 5.41) is 10.3. The van der Waals surface area contributed by atoms with Crippen LogP contribution in [0.2, 0.25) is 0 Å². The zero-order valence-electron chi connectivity index (χ0n) is 11.1. The molecule has 3 rings (SSSR count). The van der Waals surface area contributed by atoms with Crippen LogP contribution in [0, 0.1) is 0 Å². The molecular formula is C14H17NO3S2. The maximum atomic E-state index is 10.8. The molecule has 0 aliphatic carbocycles. The molecule has 1 aromatic rings. The second-order valence-electron chi connectivity index (χ2n) is 5.26. The first kappa shape index (κ1) is 14.2. The number of carboxylic acids is 1. The van der Waals surface area contributed by atoms with Crippen molar-refractivity contribution in [1.82, 2.24) is 4.98 Å². The predicted molar refractivity (Wildman–Crippen MR) is 80.7 cm³/mol. The van der Waals surface area contributed by atoms with Gasteiger partial charge in [-0.1, -0.05) is 0 Å². The van der Waals surface area contributed by atoms with Crippen LogP contribution in [0.3, 0.4) is 0 Å². The van der Waals surface area contributed by atoms with E-state index in [1.54, 1.807) is 23.9 Å². The molecule has 1 aromatic heterocycles. The highest BCUT2D eigenvalue weighted by Crippen LogP contribution is 2.42. The van der Waals surface area contributed by atoms with Crippen molar-refractivity contribution in [3.8, 4) is 0 Å². The van der Waals surface area contributed by atoms with Gasteiger partial charge in [0.15, 0.2) is 0 Å². The number of nitrogens with zero attached hydrogens (tertiary/aromatic N) is 1. The number of ether oxygens (including phenoxy) is 1. The molecule has 108 valence electrons. The lowest BCUT2D eigenvalue weighted by molar-refractivity contribution is -0.0562. The zero-order chi connectivity index (χ0) is 14.0. The van der Waals surface area contributed by atoms with Crippen LogP contribution in [-0.4, -0.2) is 45.0 Å². The Morgan fingerprint density at radius 2 is 2.45 bits per heavy atom. The van der Waals surface area contributed by atoms with Crippen LogP contribution in [0.5, 0.6) is 0 Å². The molecule has 2 saturated heterocycles. The molecule has 6 heteroatoms. The number of rotatable bonds is 3. The van der Waals surface area contributed by atoms with E-state index in [1.807, 2.05) is 11.8 Å². The molecule has 2 fully saturated rings. The fraction of sp³-hybridized carbons (Fsp3) is 0.571. The fourth-order valence-corrected chi connectivity index (χ4v) is 5.28. The van der Waals surface area contributed by atoms with Gasteiger partial charge in [-0.15, -0.1) is 11.8 Å². The second-order valence-corrected chi connectivity index (χ2v) is 7.68. The summed E-state index contributed by atoms with van der Waals surface area (Å²) < 4.78 is 6.01. The third-order valence-corrected chi connectivity index (χ3v) is 6.23. The lowest BCUT2D eigenvalue weighted by atomic mass is 9.93. The Morgan fingerprint density at radius 1 is 1.55 bits per heavy atom. The van der Waals surface area contributed by atoms with Crippen LogP contribution in [-0.2, 0) is 4.74 Å². The summed E-state index contributed by atoms with van der Waals surface area (Å²) in [4.78, 5) is 15.1. The van der Waals surface area contributed by atoms with E-state index in [-0.39, 0.29) is 11.2 Å². The highest BCUT2D eigenvalue weighted by atomic mass is 32.2. The van der Waals surface area contributed by atoms with Gasteiger partial charge in [0.2, 0.25) is 0 Å². The molecule has 2 aliphatic rings. The number of carboxylic acid groups (broad SMARTS) is 1. The molecule has 0 radical (unpaired) electrons. The number of thioether (sulfide) groups is 2. The average molecular weight is 311 g/mol. The van der Waals surface area contributed by atoms with E-state index in [0.717, 1.165) is 36.6 Å². The smallest absolute Gasteiger partial charge is 0.337 e. The van der Waals surface area contributed by atoms with E-state index in [9.17, 15) is 4.79 Å². The van der Waals surface area contributed by atoms with Gasteiger partial charge in [-0.2, -0.15) is 11.8 Å². The maximum Gasteiger partial charge on any atom is 0.337 e. The van der Waals surface area contributed by atoms with Crippen molar-refractivity contribution < 1.29 is 14.6 Å². The molecule has 20 heavy (non-hydrogen) atoms. The summed E-state index contributed by atoms with van der Waals surface area (Å²) in [6, 6.07) is 3.43. The Labute approximate surface area is 126 Å². The average Bonchev–Trinajstić information content (AvgIpc) is 2.87. The molecule has 2 unspecified atom stereocenters. The van der Waals surface area contributed by atoms with Crippen LogP contribution in [0.15, 0.2) is 23.4 Å². The van der Waals surface area contributed by atoms with E-state index in [4.69, 9.17) is 9.84 Å². The van der Waals surface area contributed by atoms with Crippen molar-refractivity contribution >= 4 is 29.5 Å². The van der Waals surface area contributed by atoms with Gasteiger partial charge >= 0.3 is 5.97 Å². The number of hydrogen-bond donors (Lipinski definition) is 1. The molecular weight excluding hydrogens is 294 g/mol. The van der Waals surface area contributed by atoms with Crippen LogP contribution in [0.25, 0.3) is 0 Å². The minimum atomic E-state index is -0.929. The standard InChI is InChI=1S/C14H17NO3S2/c16-13(17)10-1-2-12(15-8-10)20-11-3-5-18-14(7-11)4-6-19-9-14/h1-2,8,11H,3-7,9H2,(H,16,17). The summed E-state index contributed by atoms with van der Waals surface area (Å²) in [7, 11) is 0. The van der Waals surface area contributed by atoms with Gasteiger partial charge in [0.25, 0.3) is 0 Å². The summed E-state index contributed by atoms with van der Waals surface area (Å²) in [6.07, 6.45) is 4.71. The second kappa shape index (κ2) is 5.95. The highest BCUT2D eigenvalue weighted by Gasteiger charge is 2.40. The number of aromatic carboxylic acids is 1. The first-order valence-electron chi connectivity index (χ1n) is 6.75. The fourth-order valence-electron chi connectivity index (χ4n) is 2.69. The van der Waals surface area contributed by atoms with Gasteiger partial charge in [-0.3, -0.25) is 0 Å². The van der Waals surface area contributed by atoms with E-state index >= 15 is 0 Å². The summed E-state index contributed by atoms with van der Waals surface area (Å²) >= 11 is 3.73.